The standard InChI is InChI=1S/C22H21N7O2/c1-4-24-27-20(30)14-8-7-9-15(12-14)25-22-23-13-18-19(26-22)28(2)17-11-6-5-10-16(17)21(31)29(18)3/h4-13H,1-3H3,(H,27,30)(H,23,25,26). The number of amides is 2. The zero-order valence-electron chi connectivity index (χ0n) is 17.3. The van der Waals surface area contributed by atoms with Crippen LogP contribution in [0.5, 0.6) is 0 Å². The summed E-state index contributed by atoms with van der Waals surface area (Å²) in [5.41, 5.74) is 5.48. The van der Waals surface area contributed by atoms with Crippen LogP contribution in [0, 0.1) is 0 Å². The quantitative estimate of drug-likeness (QED) is 0.501. The van der Waals surface area contributed by atoms with Crippen molar-refractivity contribution >= 4 is 46.9 Å². The number of nitrogens with one attached hydrogen (secondary N) is 2. The normalized spacial score (nSPS) is 12.9. The minimum atomic E-state index is -0.318. The average molecular weight is 415 g/mol. The van der Waals surface area contributed by atoms with E-state index in [4.69, 9.17) is 0 Å². The van der Waals surface area contributed by atoms with E-state index >= 15 is 0 Å². The fourth-order valence-electron chi connectivity index (χ4n) is 3.32. The molecular formula is C22H21N7O2. The number of anilines is 5. The maximum Gasteiger partial charge on any atom is 0.271 e. The Hall–Kier alpha value is -4.27. The van der Waals surface area contributed by atoms with E-state index in [9.17, 15) is 9.59 Å². The molecule has 0 bridgehead atoms. The van der Waals surface area contributed by atoms with Crippen LogP contribution in [0.3, 0.4) is 0 Å². The molecule has 1 aliphatic rings. The topological polar surface area (TPSA) is 103 Å². The number of carbonyl (C=O) groups excluding carboxylic acids is 2. The molecule has 3 aromatic rings. The molecule has 31 heavy (non-hydrogen) atoms. The Morgan fingerprint density at radius 1 is 1.06 bits per heavy atom. The van der Waals surface area contributed by atoms with Crippen LogP contribution in [0.2, 0.25) is 0 Å². The molecule has 0 saturated carbocycles. The largest absolute Gasteiger partial charge is 0.327 e. The van der Waals surface area contributed by atoms with E-state index in [-0.39, 0.29) is 11.8 Å². The lowest BCUT2D eigenvalue weighted by atomic mass is 10.1. The van der Waals surface area contributed by atoms with Gasteiger partial charge in [0, 0.05) is 31.6 Å². The van der Waals surface area contributed by atoms with E-state index in [1.54, 1.807) is 49.3 Å². The van der Waals surface area contributed by atoms with Crippen LogP contribution in [0.1, 0.15) is 27.6 Å². The van der Waals surface area contributed by atoms with Gasteiger partial charge in [-0.05, 0) is 37.3 Å². The zero-order valence-corrected chi connectivity index (χ0v) is 17.3. The van der Waals surface area contributed by atoms with E-state index in [0.717, 1.165) is 5.69 Å². The van der Waals surface area contributed by atoms with Gasteiger partial charge in [-0.25, -0.2) is 10.4 Å². The Balaban J connectivity index is 1.67. The van der Waals surface area contributed by atoms with Gasteiger partial charge in [-0.15, -0.1) is 0 Å². The van der Waals surface area contributed by atoms with Crippen molar-refractivity contribution in [3.63, 3.8) is 0 Å². The summed E-state index contributed by atoms with van der Waals surface area (Å²) in [6.07, 6.45) is 3.11. The minimum Gasteiger partial charge on any atom is -0.327 e. The van der Waals surface area contributed by atoms with E-state index in [1.807, 2.05) is 36.2 Å². The van der Waals surface area contributed by atoms with Gasteiger partial charge in [0.05, 0.1) is 17.4 Å². The van der Waals surface area contributed by atoms with Crippen LogP contribution >= 0.6 is 0 Å². The number of benzene rings is 2. The van der Waals surface area contributed by atoms with Crippen LogP contribution in [0.4, 0.5) is 28.8 Å². The molecule has 1 aromatic heterocycles. The van der Waals surface area contributed by atoms with Gasteiger partial charge in [-0.3, -0.25) is 9.59 Å². The molecule has 2 amide bonds. The van der Waals surface area contributed by atoms with Crippen LogP contribution in [-0.4, -0.2) is 42.1 Å². The molecule has 2 aromatic carbocycles. The number of nitrogens with zero attached hydrogens (tertiary/aromatic N) is 5. The van der Waals surface area contributed by atoms with Crippen molar-refractivity contribution in [3.8, 4) is 0 Å². The lowest BCUT2D eigenvalue weighted by Crippen LogP contribution is -2.25. The molecule has 2 heterocycles. The molecule has 1 aliphatic heterocycles. The predicted molar refractivity (Wildman–Crippen MR) is 121 cm³/mol. The first-order valence-corrected chi connectivity index (χ1v) is 9.62. The number of fused-ring (bicyclic) bond motifs is 2. The first-order chi connectivity index (χ1) is 15.0. The first-order valence-electron chi connectivity index (χ1n) is 9.62. The van der Waals surface area contributed by atoms with Crippen LogP contribution in [0.25, 0.3) is 0 Å². The Kier molecular flexibility index (Phi) is 5.31. The third-order valence-corrected chi connectivity index (χ3v) is 4.91. The summed E-state index contributed by atoms with van der Waals surface area (Å²) in [6.45, 7) is 1.72. The highest BCUT2D eigenvalue weighted by Crippen LogP contribution is 2.37. The number of hydrogen-bond donors (Lipinski definition) is 2. The Bertz CT molecular complexity index is 1190. The second kappa shape index (κ2) is 8.23. The predicted octanol–water partition coefficient (Wildman–Crippen LogP) is 3.31. The third kappa shape index (κ3) is 3.80. The molecule has 0 radical (unpaired) electrons. The molecule has 4 rings (SSSR count). The molecular weight excluding hydrogens is 394 g/mol. The van der Waals surface area contributed by atoms with Gasteiger partial charge in [0.25, 0.3) is 11.8 Å². The van der Waals surface area contributed by atoms with E-state index in [0.29, 0.717) is 34.3 Å². The lowest BCUT2D eigenvalue weighted by Gasteiger charge is -2.21. The fraction of sp³-hybridized carbons (Fsp3) is 0.136. The van der Waals surface area contributed by atoms with Crippen molar-refractivity contribution in [3.05, 3.63) is 65.9 Å². The van der Waals surface area contributed by atoms with Gasteiger partial charge in [-0.1, -0.05) is 18.2 Å². The summed E-state index contributed by atoms with van der Waals surface area (Å²) in [7, 11) is 3.56. The Morgan fingerprint density at radius 2 is 1.87 bits per heavy atom. The second-order valence-corrected chi connectivity index (χ2v) is 6.88. The maximum absolute atomic E-state index is 12.9. The molecule has 0 unspecified atom stereocenters. The van der Waals surface area contributed by atoms with Crippen LogP contribution in [0.15, 0.2) is 59.8 Å². The highest BCUT2D eigenvalue weighted by atomic mass is 16.2. The molecule has 2 N–H and O–H groups in total. The van der Waals surface area contributed by atoms with Crippen LogP contribution < -0.4 is 20.5 Å². The highest BCUT2D eigenvalue weighted by Gasteiger charge is 2.28. The van der Waals surface area contributed by atoms with Gasteiger partial charge in [0.15, 0.2) is 5.82 Å². The highest BCUT2D eigenvalue weighted by molar-refractivity contribution is 6.13. The van der Waals surface area contributed by atoms with Crippen molar-refractivity contribution in [2.24, 2.45) is 5.10 Å². The van der Waals surface area contributed by atoms with Crippen molar-refractivity contribution in [2.45, 2.75) is 6.92 Å². The van der Waals surface area contributed by atoms with Gasteiger partial charge in [0.1, 0.15) is 5.69 Å². The van der Waals surface area contributed by atoms with Gasteiger partial charge >= 0.3 is 0 Å². The summed E-state index contributed by atoms with van der Waals surface area (Å²) >= 11 is 0. The number of carbonyl (C=O) groups is 2. The molecule has 0 atom stereocenters. The van der Waals surface area contributed by atoms with Crippen molar-refractivity contribution in [1.82, 2.24) is 15.4 Å². The number of rotatable bonds is 4. The van der Waals surface area contributed by atoms with Crippen LogP contribution in [-0.2, 0) is 0 Å². The monoisotopic (exact) mass is 415 g/mol. The van der Waals surface area contributed by atoms with Gasteiger partial charge < -0.3 is 15.1 Å². The maximum atomic E-state index is 12.9. The summed E-state index contributed by atoms with van der Waals surface area (Å²) in [4.78, 5) is 37.4. The molecule has 0 aliphatic carbocycles. The van der Waals surface area contributed by atoms with E-state index in [1.165, 1.54) is 6.21 Å². The summed E-state index contributed by atoms with van der Waals surface area (Å²) in [5, 5.41) is 6.88. The number of aromatic nitrogens is 2. The Labute approximate surface area is 179 Å². The van der Waals surface area contributed by atoms with Crippen molar-refractivity contribution in [2.75, 3.05) is 29.2 Å². The van der Waals surface area contributed by atoms with E-state index in [2.05, 4.69) is 25.8 Å². The number of para-hydroxylation sites is 1. The Morgan fingerprint density at radius 3 is 2.68 bits per heavy atom. The van der Waals surface area contributed by atoms with Gasteiger partial charge in [0.2, 0.25) is 5.95 Å². The molecule has 0 fully saturated rings. The summed E-state index contributed by atoms with van der Waals surface area (Å²) in [6, 6.07) is 14.3. The first kappa shape index (κ1) is 20.0. The van der Waals surface area contributed by atoms with Crippen molar-refractivity contribution < 1.29 is 9.59 Å². The molecule has 156 valence electrons. The average Bonchev–Trinajstić information content (AvgIpc) is 2.88. The molecule has 0 saturated heterocycles. The third-order valence-electron chi connectivity index (χ3n) is 4.91. The second-order valence-electron chi connectivity index (χ2n) is 6.88. The van der Waals surface area contributed by atoms with Crippen molar-refractivity contribution in [1.29, 1.82) is 0 Å². The SMILES string of the molecule is CC=NNC(=O)c1cccc(Nc2ncc3c(n2)N(C)c2ccccc2C(=O)N3C)c1. The molecule has 9 heteroatoms. The molecule has 9 nitrogen and oxygen atoms in total. The smallest absolute Gasteiger partial charge is 0.271 e. The molecule has 0 spiro atoms. The fourth-order valence-corrected chi connectivity index (χ4v) is 3.32. The minimum absolute atomic E-state index is 0.126. The number of hydrazone groups is 1. The summed E-state index contributed by atoms with van der Waals surface area (Å²) < 4.78 is 0. The number of hydrogen-bond acceptors (Lipinski definition) is 7. The zero-order chi connectivity index (χ0) is 22.0. The lowest BCUT2D eigenvalue weighted by molar-refractivity contribution is 0.0953. The van der Waals surface area contributed by atoms with Gasteiger partial charge in [-0.2, -0.15) is 10.1 Å². The van der Waals surface area contributed by atoms with E-state index < -0.39 is 0 Å². The summed E-state index contributed by atoms with van der Waals surface area (Å²) in [5.74, 6) is 0.486.